The molecule has 0 N–H and O–H groups in total. The molecule has 0 aromatic heterocycles. The van der Waals surface area contributed by atoms with Gasteiger partial charge in [0.25, 0.3) is 11.6 Å². The lowest BCUT2D eigenvalue weighted by Gasteiger charge is -2.29. The van der Waals surface area contributed by atoms with Crippen LogP contribution in [0.4, 0.5) is 20.2 Å². The number of amides is 1. The maximum atomic E-state index is 12.7. The second-order valence-corrected chi connectivity index (χ2v) is 5.53. The van der Waals surface area contributed by atoms with Gasteiger partial charge in [0.2, 0.25) is 0 Å². The van der Waals surface area contributed by atoms with E-state index in [0.717, 1.165) is 18.4 Å². The highest BCUT2D eigenvalue weighted by Crippen LogP contribution is 2.32. The predicted octanol–water partition coefficient (Wildman–Crippen LogP) is 3.79. The van der Waals surface area contributed by atoms with Crippen LogP contribution in [0.1, 0.15) is 22.3 Å². The highest BCUT2D eigenvalue weighted by molar-refractivity contribution is 6.07. The molecule has 0 unspecified atom stereocenters. The van der Waals surface area contributed by atoms with Gasteiger partial charge in [0.05, 0.1) is 10.6 Å². The molecule has 8 heteroatoms. The van der Waals surface area contributed by atoms with Crippen molar-refractivity contribution in [2.45, 2.75) is 19.5 Å². The number of carbonyl (C=O) groups excluding carboxylic acids is 1. The number of hydrogen-bond acceptors (Lipinski definition) is 4. The number of non-ortho nitro benzene ring substituents is 1. The molecule has 0 bridgehead atoms. The summed E-state index contributed by atoms with van der Waals surface area (Å²) in [6, 6.07) is 9.84. The van der Waals surface area contributed by atoms with Gasteiger partial charge < -0.3 is 9.64 Å². The predicted molar refractivity (Wildman–Crippen MR) is 86.2 cm³/mol. The highest BCUT2D eigenvalue weighted by atomic mass is 19.3. The molecule has 2 aromatic rings. The summed E-state index contributed by atoms with van der Waals surface area (Å²) in [6.45, 7) is -2.50. The number of hydrogen-bond donors (Lipinski definition) is 0. The van der Waals surface area contributed by atoms with E-state index in [1.54, 1.807) is 6.07 Å². The number of nitro benzene ring substituents is 1. The van der Waals surface area contributed by atoms with Crippen LogP contribution in [0.3, 0.4) is 0 Å². The van der Waals surface area contributed by atoms with Crippen molar-refractivity contribution >= 4 is 17.3 Å². The third kappa shape index (κ3) is 3.57. The van der Waals surface area contributed by atoms with Crippen molar-refractivity contribution in [2.75, 3.05) is 11.4 Å². The Kier molecular flexibility index (Phi) is 4.60. The number of aryl methyl sites for hydroxylation is 1. The van der Waals surface area contributed by atoms with Gasteiger partial charge in [0.15, 0.2) is 0 Å². The number of benzene rings is 2. The maximum absolute atomic E-state index is 12.7. The minimum Gasteiger partial charge on any atom is -0.435 e. The van der Waals surface area contributed by atoms with Gasteiger partial charge in [-0.1, -0.05) is 6.07 Å². The van der Waals surface area contributed by atoms with Crippen molar-refractivity contribution in [3.63, 3.8) is 0 Å². The Morgan fingerprint density at radius 2 is 1.92 bits per heavy atom. The summed E-state index contributed by atoms with van der Waals surface area (Å²) in [5.74, 6) is -0.383. The fourth-order valence-electron chi connectivity index (χ4n) is 2.82. The molecule has 0 radical (unpaired) electrons. The van der Waals surface area contributed by atoms with E-state index in [4.69, 9.17) is 0 Å². The Bertz CT molecular complexity index is 809. The Labute approximate surface area is 141 Å². The first-order chi connectivity index (χ1) is 12.0. The summed E-state index contributed by atoms with van der Waals surface area (Å²) in [7, 11) is 0. The number of nitrogens with zero attached hydrogens (tertiary/aromatic N) is 2. The van der Waals surface area contributed by atoms with E-state index in [1.165, 1.54) is 41.3 Å². The summed E-state index contributed by atoms with van der Waals surface area (Å²) in [4.78, 5) is 24.7. The van der Waals surface area contributed by atoms with Crippen LogP contribution in [0.25, 0.3) is 0 Å². The highest BCUT2D eigenvalue weighted by Gasteiger charge is 2.25. The fourth-order valence-corrected chi connectivity index (χ4v) is 2.82. The molecule has 1 aliphatic rings. The van der Waals surface area contributed by atoms with E-state index in [-0.39, 0.29) is 17.3 Å². The van der Waals surface area contributed by atoms with Crippen LogP contribution in [0.5, 0.6) is 5.75 Å². The molecule has 1 aliphatic heterocycles. The summed E-state index contributed by atoms with van der Waals surface area (Å²) < 4.78 is 28.6. The normalized spacial score (nSPS) is 13.5. The Morgan fingerprint density at radius 3 is 2.56 bits per heavy atom. The fraction of sp³-hybridized carbons (Fsp3) is 0.235. The lowest BCUT2D eigenvalue weighted by molar-refractivity contribution is -0.384. The standard InChI is InChI=1S/C17H14F2N2O4/c18-17(19)25-14-7-4-12(5-8-14)16(22)20-9-1-2-11-3-6-13(21(23)24)10-15(11)20/h3-8,10,17H,1-2,9H2. The SMILES string of the molecule is O=C(c1ccc(OC(F)F)cc1)N1CCCc2ccc([N+](=O)[O-])cc21. The Hall–Kier alpha value is -3.03. The largest absolute Gasteiger partial charge is 0.435 e. The number of anilines is 1. The zero-order chi connectivity index (χ0) is 18.0. The van der Waals surface area contributed by atoms with Crippen LogP contribution in [0.2, 0.25) is 0 Å². The summed E-state index contributed by atoms with van der Waals surface area (Å²) in [6.07, 6.45) is 1.47. The van der Waals surface area contributed by atoms with Crippen molar-refractivity contribution in [3.05, 3.63) is 63.7 Å². The second kappa shape index (κ2) is 6.84. The second-order valence-electron chi connectivity index (χ2n) is 5.53. The minimum absolute atomic E-state index is 0.0405. The Balaban J connectivity index is 1.88. The van der Waals surface area contributed by atoms with Crippen LogP contribution in [-0.4, -0.2) is 24.0 Å². The molecular weight excluding hydrogens is 334 g/mol. The van der Waals surface area contributed by atoms with Gasteiger partial charge in [-0.2, -0.15) is 8.78 Å². The number of nitro groups is 1. The molecular formula is C17H14F2N2O4. The zero-order valence-electron chi connectivity index (χ0n) is 13.0. The first kappa shape index (κ1) is 16.8. The van der Waals surface area contributed by atoms with Gasteiger partial charge in [-0.15, -0.1) is 0 Å². The van der Waals surface area contributed by atoms with Gasteiger partial charge in [-0.3, -0.25) is 14.9 Å². The van der Waals surface area contributed by atoms with E-state index in [2.05, 4.69) is 4.74 Å². The molecule has 6 nitrogen and oxygen atoms in total. The van der Waals surface area contributed by atoms with Crippen molar-refractivity contribution in [1.29, 1.82) is 0 Å². The number of ether oxygens (including phenoxy) is 1. The molecule has 130 valence electrons. The first-order valence-corrected chi connectivity index (χ1v) is 7.60. The smallest absolute Gasteiger partial charge is 0.387 e. The first-order valence-electron chi connectivity index (χ1n) is 7.60. The van der Waals surface area contributed by atoms with Crippen LogP contribution < -0.4 is 9.64 Å². The molecule has 0 saturated heterocycles. The molecule has 0 aliphatic carbocycles. The zero-order valence-corrected chi connectivity index (χ0v) is 13.0. The van der Waals surface area contributed by atoms with E-state index in [1.807, 2.05) is 0 Å². The average Bonchev–Trinajstić information content (AvgIpc) is 2.60. The number of fused-ring (bicyclic) bond motifs is 1. The molecule has 0 atom stereocenters. The molecule has 3 rings (SSSR count). The van der Waals surface area contributed by atoms with E-state index < -0.39 is 11.5 Å². The molecule has 0 spiro atoms. The molecule has 0 saturated carbocycles. The molecule has 0 fully saturated rings. The van der Waals surface area contributed by atoms with E-state index >= 15 is 0 Å². The topological polar surface area (TPSA) is 72.7 Å². The van der Waals surface area contributed by atoms with E-state index in [0.29, 0.717) is 17.8 Å². The van der Waals surface area contributed by atoms with Crippen molar-refractivity contribution in [3.8, 4) is 5.75 Å². The number of alkyl halides is 2. The van der Waals surface area contributed by atoms with Crippen molar-refractivity contribution in [2.24, 2.45) is 0 Å². The molecule has 25 heavy (non-hydrogen) atoms. The lowest BCUT2D eigenvalue weighted by Crippen LogP contribution is -2.35. The number of halogens is 2. The third-order valence-corrected chi connectivity index (χ3v) is 3.97. The van der Waals surface area contributed by atoms with Gasteiger partial charge in [-0.05, 0) is 42.7 Å². The molecule has 1 amide bonds. The van der Waals surface area contributed by atoms with E-state index in [9.17, 15) is 23.7 Å². The lowest BCUT2D eigenvalue weighted by atomic mass is 10.00. The molecule has 2 aromatic carbocycles. The van der Waals surface area contributed by atoms with Crippen LogP contribution in [0, 0.1) is 10.1 Å². The quantitative estimate of drug-likeness (QED) is 0.622. The Morgan fingerprint density at radius 1 is 1.20 bits per heavy atom. The van der Waals surface area contributed by atoms with Crippen LogP contribution in [0.15, 0.2) is 42.5 Å². The van der Waals surface area contributed by atoms with Gasteiger partial charge in [-0.25, -0.2) is 0 Å². The third-order valence-electron chi connectivity index (χ3n) is 3.97. The van der Waals surface area contributed by atoms with Crippen LogP contribution in [-0.2, 0) is 6.42 Å². The van der Waals surface area contributed by atoms with Crippen LogP contribution >= 0.6 is 0 Å². The summed E-state index contributed by atoms with van der Waals surface area (Å²) in [5.41, 5.74) is 1.58. The minimum atomic E-state index is -2.93. The summed E-state index contributed by atoms with van der Waals surface area (Å²) in [5, 5.41) is 11.0. The van der Waals surface area contributed by atoms with Gasteiger partial charge in [0.1, 0.15) is 5.75 Å². The van der Waals surface area contributed by atoms with Crippen molar-refractivity contribution in [1.82, 2.24) is 0 Å². The number of carbonyl (C=O) groups is 1. The van der Waals surface area contributed by atoms with Gasteiger partial charge in [0, 0.05) is 24.2 Å². The monoisotopic (exact) mass is 348 g/mol. The van der Waals surface area contributed by atoms with Gasteiger partial charge >= 0.3 is 6.61 Å². The van der Waals surface area contributed by atoms with Crippen molar-refractivity contribution < 1.29 is 23.2 Å². The maximum Gasteiger partial charge on any atom is 0.387 e. The average molecular weight is 348 g/mol. The summed E-state index contributed by atoms with van der Waals surface area (Å²) >= 11 is 0. The molecule has 1 heterocycles. The number of rotatable bonds is 4.